The molecule has 0 saturated carbocycles. The predicted octanol–water partition coefficient (Wildman–Crippen LogP) is 4.80. The number of rotatable bonds is 7. The third-order valence-electron chi connectivity index (χ3n) is 4.69. The molecule has 0 unspecified atom stereocenters. The Bertz CT molecular complexity index is 1190. The van der Waals surface area contributed by atoms with E-state index in [9.17, 15) is 35.9 Å². The van der Waals surface area contributed by atoms with Crippen LogP contribution in [-0.4, -0.2) is 39.6 Å². The van der Waals surface area contributed by atoms with Gasteiger partial charge in [0, 0.05) is 6.54 Å². The fourth-order valence-corrected chi connectivity index (χ4v) is 3.22. The first-order chi connectivity index (χ1) is 16.0. The lowest BCUT2D eigenvalue weighted by molar-refractivity contribution is -0.143. The number of carbonyl (C=O) groups excluding carboxylic acids is 2. The molecular weight excluding hydrogens is 466 g/mol. The zero-order chi connectivity index (χ0) is 25.0. The second-order valence-electron chi connectivity index (χ2n) is 7.15. The van der Waals surface area contributed by atoms with Crippen molar-refractivity contribution in [1.29, 1.82) is 0 Å². The third-order valence-corrected chi connectivity index (χ3v) is 4.69. The standard InChI is InChI=1S/C22H18F6N4O2/c1-2-10-31(12-17(33)30-16-9-8-15(23)18(24)19(16)25)21(34)14-11-29-32(20(14)22(26,27)28)13-6-4-3-5-7-13/h3-9,11H,2,10,12H2,1H3,(H,30,33). The van der Waals surface area contributed by atoms with Crippen LogP contribution in [-0.2, 0) is 11.0 Å². The topological polar surface area (TPSA) is 67.2 Å². The molecule has 0 fully saturated rings. The molecule has 2 aromatic carbocycles. The summed E-state index contributed by atoms with van der Waals surface area (Å²) >= 11 is 0. The number of para-hydroxylation sites is 1. The van der Waals surface area contributed by atoms with Gasteiger partial charge in [0.2, 0.25) is 5.91 Å². The molecular formula is C22H18F6N4O2. The van der Waals surface area contributed by atoms with Crippen LogP contribution in [0.3, 0.4) is 0 Å². The van der Waals surface area contributed by atoms with Gasteiger partial charge in [-0.2, -0.15) is 18.3 Å². The summed E-state index contributed by atoms with van der Waals surface area (Å²) in [4.78, 5) is 26.2. The quantitative estimate of drug-likeness (QED) is 0.387. The van der Waals surface area contributed by atoms with Gasteiger partial charge in [-0.3, -0.25) is 9.59 Å². The number of alkyl halides is 3. The summed E-state index contributed by atoms with van der Waals surface area (Å²) in [6.07, 6.45) is -3.91. The Morgan fingerprint density at radius 2 is 1.71 bits per heavy atom. The number of nitrogens with one attached hydrogen (secondary N) is 1. The van der Waals surface area contributed by atoms with Crippen molar-refractivity contribution < 1.29 is 35.9 Å². The normalized spacial score (nSPS) is 11.4. The number of aromatic nitrogens is 2. The van der Waals surface area contributed by atoms with E-state index in [1.165, 1.54) is 24.3 Å². The zero-order valence-corrected chi connectivity index (χ0v) is 17.7. The van der Waals surface area contributed by atoms with Gasteiger partial charge in [0.15, 0.2) is 23.1 Å². The smallest absolute Gasteiger partial charge is 0.329 e. The van der Waals surface area contributed by atoms with Crippen molar-refractivity contribution in [3.63, 3.8) is 0 Å². The maximum absolute atomic E-state index is 13.9. The van der Waals surface area contributed by atoms with Gasteiger partial charge in [-0.15, -0.1) is 0 Å². The van der Waals surface area contributed by atoms with E-state index in [1.54, 1.807) is 13.0 Å². The first-order valence-electron chi connectivity index (χ1n) is 9.97. The molecule has 1 heterocycles. The Balaban J connectivity index is 1.90. The van der Waals surface area contributed by atoms with E-state index in [2.05, 4.69) is 5.10 Å². The van der Waals surface area contributed by atoms with E-state index in [4.69, 9.17) is 0 Å². The van der Waals surface area contributed by atoms with Gasteiger partial charge in [-0.25, -0.2) is 17.9 Å². The van der Waals surface area contributed by atoms with Crippen LogP contribution in [0, 0.1) is 17.5 Å². The second-order valence-corrected chi connectivity index (χ2v) is 7.15. The third kappa shape index (κ3) is 5.21. The van der Waals surface area contributed by atoms with Crippen molar-refractivity contribution in [3.05, 3.63) is 77.4 Å². The summed E-state index contributed by atoms with van der Waals surface area (Å²) < 4.78 is 82.5. The Morgan fingerprint density at radius 1 is 1.03 bits per heavy atom. The number of halogens is 6. The highest BCUT2D eigenvalue weighted by Gasteiger charge is 2.41. The lowest BCUT2D eigenvalue weighted by Crippen LogP contribution is -2.39. The summed E-state index contributed by atoms with van der Waals surface area (Å²) in [6.45, 7) is 0.754. The molecule has 0 radical (unpaired) electrons. The van der Waals surface area contributed by atoms with Gasteiger partial charge in [0.25, 0.3) is 5.91 Å². The van der Waals surface area contributed by atoms with Gasteiger partial charge >= 0.3 is 6.18 Å². The van der Waals surface area contributed by atoms with E-state index in [0.29, 0.717) is 10.7 Å². The molecule has 0 atom stereocenters. The van der Waals surface area contributed by atoms with E-state index < -0.39 is 58.9 Å². The Morgan fingerprint density at radius 3 is 2.32 bits per heavy atom. The molecule has 3 rings (SSSR count). The van der Waals surface area contributed by atoms with Crippen molar-refractivity contribution in [2.45, 2.75) is 19.5 Å². The van der Waals surface area contributed by atoms with Gasteiger partial charge in [0.1, 0.15) is 6.54 Å². The second kappa shape index (κ2) is 9.98. The molecule has 1 N–H and O–H groups in total. The van der Waals surface area contributed by atoms with Crippen LogP contribution in [0.2, 0.25) is 0 Å². The van der Waals surface area contributed by atoms with Gasteiger partial charge in [-0.05, 0) is 30.7 Å². The molecule has 180 valence electrons. The molecule has 1 aromatic heterocycles. The molecule has 0 spiro atoms. The highest BCUT2D eigenvalue weighted by molar-refractivity contribution is 6.00. The summed E-state index contributed by atoms with van der Waals surface area (Å²) in [7, 11) is 0. The molecule has 0 saturated heterocycles. The largest absolute Gasteiger partial charge is 0.434 e. The Hall–Kier alpha value is -3.83. The van der Waals surface area contributed by atoms with E-state index in [1.807, 2.05) is 5.32 Å². The molecule has 0 bridgehead atoms. The Kier molecular flexibility index (Phi) is 7.28. The van der Waals surface area contributed by atoms with Crippen LogP contribution >= 0.6 is 0 Å². The van der Waals surface area contributed by atoms with Gasteiger partial charge in [-0.1, -0.05) is 25.1 Å². The first-order valence-corrected chi connectivity index (χ1v) is 9.97. The molecule has 0 aliphatic carbocycles. The maximum Gasteiger partial charge on any atom is 0.434 e. The molecule has 0 aliphatic heterocycles. The fourth-order valence-electron chi connectivity index (χ4n) is 3.22. The van der Waals surface area contributed by atoms with Gasteiger partial charge in [0.05, 0.1) is 23.1 Å². The van der Waals surface area contributed by atoms with Crippen molar-refractivity contribution in [2.75, 3.05) is 18.4 Å². The van der Waals surface area contributed by atoms with Crippen LogP contribution in [0.5, 0.6) is 0 Å². The van der Waals surface area contributed by atoms with Crippen LogP contribution < -0.4 is 5.32 Å². The van der Waals surface area contributed by atoms with E-state index in [0.717, 1.165) is 17.2 Å². The fraction of sp³-hybridized carbons (Fsp3) is 0.227. The predicted molar refractivity (Wildman–Crippen MR) is 110 cm³/mol. The number of nitrogens with zero attached hydrogens (tertiary/aromatic N) is 3. The average molecular weight is 484 g/mol. The minimum Gasteiger partial charge on any atom is -0.329 e. The SMILES string of the molecule is CCCN(CC(=O)Nc1ccc(F)c(F)c1F)C(=O)c1cnn(-c2ccccc2)c1C(F)(F)F. The number of carbonyl (C=O) groups is 2. The van der Waals surface area contributed by atoms with Crippen LogP contribution in [0.1, 0.15) is 29.4 Å². The number of hydrogen-bond acceptors (Lipinski definition) is 3. The van der Waals surface area contributed by atoms with Crippen LogP contribution in [0.15, 0.2) is 48.7 Å². The lowest BCUT2D eigenvalue weighted by Gasteiger charge is -2.22. The van der Waals surface area contributed by atoms with Crippen molar-refractivity contribution in [3.8, 4) is 5.69 Å². The highest BCUT2D eigenvalue weighted by atomic mass is 19.4. The monoisotopic (exact) mass is 484 g/mol. The summed E-state index contributed by atoms with van der Waals surface area (Å²) in [5.41, 5.74) is -2.71. The summed E-state index contributed by atoms with van der Waals surface area (Å²) in [6, 6.07) is 8.74. The molecule has 0 aliphatic rings. The molecule has 6 nitrogen and oxygen atoms in total. The maximum atomic E-state index is 13.9. The first kappa shape index (κ1) is 24.8. The van der Waals surface area contributed by atoms with Crippen molar-refractivity contribution in [1.82, 2.24) is 14.7 Å². The number of amides is 2. The average Bonchev–Trinajstić information content (AvgIpc) is 3.25. The van der Waals surface area contributed by atoms with Gasteiger partial charge < -0.3 is 10.2 Å². The Labute approximate surface area is 189 Å². The lowest BCUT2D eigenvalue weighted by atomic mass is 10.2. The van der Waals surface area contributed by atoms with Crippen LogP contribution in [0.25, 0.3) is 5.69 Å². The van der Waals surface area contributed by atoms with Crippen LogP contribution in [0.4, 0.5) is 32.0 Å². The van der Waals surface area contributed by atoms with E-state index in [-0.39, 0.29) is 18.7 Å². The van der Waals surface area contributed by atoms with Crippen molar-refractivity contribution >= 4 is 17.5 Å². The number of benzene rings is 2. The summed E-state index contributed by atoms with van der Waals surface area (Å²) in [5.74, 6) is -7.06. The minimum atomic E-state index is -4.95. The molecule has 12 heteroatoms. The van der Waals surface area contributed by atoms with E-state index >= 15 is 0 Å². The molecule has 34 heavy (non-hydrogen) atoms. The summed E-state index contributed by atoms with van der Waals surface area (Å²) in [5, 5.41) is 5.71. The number of anilines is 1. The minimum absolute atomic E-state index is 0.0717. The molecule has 3 aromatic rings. The van der Waals surface area contributed by atoms with Crippen molar-refractivity contribution in [2.24, 2.45) is 0 Å². The molecule has 2 amide bonds. The zero-order valence-electron chi connectivity index (χ0n) is 17.7. The number of hydrogen-bond donors (Lipinski definition) is 1. The highest BCUT2D eigenvalue weighted by Crippen LogP contribution is 2.34.